The number of hydrogen-bond donors (Lipinski definition) is 4. The summed E-state index contributed by atoms with van der Waals surface area (Å²) in [5.74, 6) is -0.430. The van der Waals surface area contributed by atoms with Crippen LogP contribution in [-0.2, 0) is 14.8 Å². The maximum Gasteiger partial charge on any atom is 0.241 e. The number of sulfonamides is 1. The van der Waals surface area contributed by atoms with E-state index in [1.807, 2.05) is 13.8 Å². The van der Waals surface area contributed by atoms with Crippen LogP contribution in [0.15, 0.2) is 47.4 Å². The Morgan fingerprint density at radius 1 is 1.22 bits per heavy atom. The fourth-order valence-electron chi connectivity index (χ4n) is 3.88. The second-order valence-electron chi connectivity index (χ2n) is 8.52. The molecule has 0 aliphatic heterocycles. The highest BCUT2D eigenvalue weighted by molar-refractivity contribution is 7.89. The lowest BCUT2D eigenvalue weighted by molar-refractivity contribution is -0.825. The summed E-state index contributed by atoms with van der Waals surface area (Å²) in [6, 6.07) is 9.56. The van der Waals surface area contributed by atoms with E-state index in [1.165, 1.54) is 30.3 Å². The van der Waals surface area contributed by atoms with Gasteiger partial charge in [-0.05, 0) is 62.4 Å². The molecule has 7 nitrogen and oxygen atoms in total. The first-order valence-electron chi connectivity index (χ1n) is 10.4. The van der Waals surface area contributed by atoms with Gasteiger partial charge < -0.3 is 5.32 Å². The van der Waals surface area contributed by atoms with Gasteiger partial charge in [0.05, 0.1) is 10.9 Å². The van der Waals surface area contributed by atoms with E-state index >= 15 is 0 Å². The predicted molar refractivity (Wildman–Crippen MR) is 118 cm³/mol. The van der Waals surface area contributed by atoms with Crippen LogP contribution in [0.2, 0.25) is 5.02 Å². The van der Waals surface area contributed by atoms with Crippen LogP contribution in [0.4, 0.5) is 10.1 Å². The number of quaternary nitrogens is 1. The van der Waals surface area contributed by atoms with Crippen molar-refractivity contribution in [3.63, 3.8) is 0 Å². The van der Waals surface area contributed by atoms with Crippen LogP contribution in [0, 0.1) is 11.2 Å². The van der Waals surface area contributed by atoms with Crippen molar-refractivity contribution in [3.8, 4) is 0 Å². The van der Waals surface area contributed by atoms with E-state index in [2.05, 4.69) is 10.0 Å². The first-order chi connectivity index (χ1) is 15.0. The second-order valence-corrected chi connectivity index (χ2v) is 10.6. The van der Waals surface area contributed by atoms with Crippen molar-refractivity contribution < 1.29 is 28.3 Å². The molecule has 5 N–H and O–H groups in total. The quantitative estimate of drug-likeness (QED) is 0.357. The number of benzene rings is 2. The Labute approximate surface area is 192 Å². The molecule has 0 radical (unpaired) electrons. The molecule has 10 heteroatoms. The number of carbonyl (C=O) groups excluding carboxylic acids is 1. The van der Waals surface area contributed by atoms with Crippen molar-refractivity contribution in [1.29, 1.82) is 0 Å². The van der Waals surface area contributed by atoms with Gasteiger partial charge in [0.2, 0.25) is 15.9 Å². The van der Waals surface area contributed by atoms with Gasteiger partial charge in [-0.1, -0.05) is 30.7 Å². The van der Waals surface area contributed by atoms with E-state index in [1.54, 1.807) is 12.1 Å². The third-order valence-electron chi connectivity index (χ3n) is 6.09. The van der Waals surface area contributed by atoms with E-state index in [4.69, 9.17) is 11.6 Å². The molecule has 1 aliphatic rings. The summed E-state index contributed by atoms with van der Waals surface area (Å²) in [6.07, 6.45) is 2.08. The molecule has 0 heterocycles. The maximum absolute atomic E-state index is 13.1. The molecule has 0 saturated heterocycles. The topological polar surface area (TPSA) is 112 Å². The Balaban J connectivity index is 1.59. The first kappa shape index (κ1) is 24.6. The first-order valence-corrected chi connectivity index (χ1v) is 12.3. The summed E-state index contributed by atoms with van der Waals surface area (Å²) in [4.78, 5) is 12.9. The van der Waals surface area contributed by atoms with Crippen LogP contribution in [0.3, 0.4) is 0 Å². The predicted octanol–water partition coefficient (Wildman–Crippen LogP) is 3.17. The Hall–Kier alpha value is -2.04. The van der Waals surface area contributed by atoms with Crippen molar-refractivity contribution >= 4 is 33.2 Å². The summed E-state index contributed by atoms with van der Waals surface area (Å²) >= 11 is 5.92. The van der Waals surface area contributed by atoms with Crippen LogP contribution >= 0.6 is 11.6 Å². The van der Waals surface area contributed by atoms with Gasteiger partial charge in [-0.3, -0.25) is 4.79 Å². The molecule has 0 bridgehead atoms. The summed E-state index contributed by atoms with van der Waals surface area (Å²) in [6.45, 7) is 3.73. The van der Waals surface area contributed by atoms with Gasteiger partial charge in [0.1, 0.15) is 10.8 Å². The van der Waals surface area contributed by atoms with Gasteiger partial charge in [-0.2, -0.15) is 5.48 Å². The molecule has 32 heavy (non-hydrogen) atoms. The SMILES string of the molecule is C[C@@H](NC(=O)C1(C)CCC(NS(=O)(=O)c2ccc(Cl)c([NH2+]O)c2)CC1)c1ccc(F)cc1. The lowest BCUT2D eigenvalue weighted by Gasteiger charge is -2.37. The molecule has 1 saturated carbocycles. The third-order valence-corrected chi connectivity index (χ3v) is 7.96. The number of halogens is 2. The van der Waals surface area contributed by atoms with Crippen LogP contribution in [-0.4, -0.2) is 25.6 Å². The zero-order chi connectivity index (χ0) is 23.5. The Kier molecular flexibility index (Phi) is 7.57. The zero-order valence-electron chi connectivity index (χ0n) is 17.9. The van der Waals surface area contributed by atoms with Gasteiger partial charge in [0.25, 0.3) is 0 Å². The Bertz CT molecular complexity index is 1070. The highest BCUT2D eigenvalue weighted by Gasteiger charge is 2.39. The number of carbonyl (C=O) groups is 1. The second kappa shape index (κ2) is 9.84. The van der Waals surface area contributed by atoms with E-state index in [0.717, 1.165) is 11.0 Å². The molecular formula is C22H28ClFN3O4S+. The number of nitrogens with one attached hydrogen (secondary N) is 2. The molecule has 174 valence electrons. The largest absolute Gasteiger partial charge is 0.349 e. The minimum absolute atomic E-state index is 0.0152. The molecule has 1 fully saturated rings. The number of amides is 1. The molecular weight excluding hydrogens is 457 g/mol. The molecule has 1 atom stereocenters. The molecule has 0 spiro atoms. The maximum atomic E-state index is 13.1. The van der Waals surface area contributed by atoms with Crippen molar-refractivity contribution in [3.05, 3.63) is 58.9 Å². The average Bonchev–Trinajstić information content (AvgIpc) is 2.76. The standard InChI is InChI=1S/C22H27ClFN3O4S/c1-14(15-3-5-16(24)6-4-15)25-21(28)22(2)11-9-17(10-12-22)27-32(30,31)18-7-8-19(23)20(13-18)26-29/h3-8,13-14,17,26-27,29H,9-12H2,1-2H3,(H,25,28)/p+1/t14-,17?,22?/m1/s1. The molecule has 2 aromatic rings. The van der Waals surface area contributed by atoms with Gasteiger partial charge in [-0.25, -0.2) is 22.7 Å². The highest BCUT2D eigenvalue weighted by Crippen LogP contribution is 2.37. The average molecular weight is 485 g/mol. The number of nitrogens with two attached hydrogens (primary N) is 1. The molecule has 3 rings (SSSR count). The van der Waals surface area contributed by atoms with Gasteiger partial charge >= 0.3 is 0 Å². The van der Waals surface area contributed by atoms with Gasteiger partial charge in [0, 0.05) is 17.5 Å². The Morgan fingerprint density at radius 3 is 2.44 bits per heavy atom. The van der Waals surface area contributed by atoms with E-state index in [0.29, 0.717) is 25.7 Å². The molecule has 0 aromatic heterocycles. The van der Waals surface area contributed by atoms with Crippen molar-refractivity contribution in [2.24, 2.45) is 5.41 Å². The number of hydrogen-bond acceptors (Lipinski definition) is 4. The summed E-state index contributed by atoms with van der Waals surface area (Å²) in [7, 11) is -3.80. The number of rotatable bonds is 7. The highest BCUT2D eigenvalue weighted by atomic mass is 35.5. The van der Waals surface area contributed by atoms with E-state index < -0.39 is 15.4 Å². The van der Waals surface area contributed by atoms with Gasteiger partial charge in [-0.15, -0.1) is 0 Å². The molecule has 1 amide bonds. The van der Waals surface area contributed by atoms with Crippen LogP contribution in [0.1, 0.15) is 51.1 Å². The van der Waals surface area contributed by atoms with E-state index in [9.17, 15) is 22.8 Å². The fraction of sp³-hybridized carbons (Fsp3) is 0.409. The summed E-state index contributed by atoms with van der Waals surface area (Å²) in [5, 5.41) is 12.5. The van der Waals surface area contributed by atoms with Crippen LogP contribution in [0.5, 0.6) is 0 Å². The fourth-order valence-corrected chi connectivity index (χ4v) is 5.39. The minimum atomic E-state index is -3.80. The monoisotopic (exact) mass is 484 g/mol. The lowest BCUT2D eigenvalue weighted by atomic mass is 9.73. The summed E-state index contributed by atoms with van der Waals surface area (Å²) in [5.41, 5.74) is 1.18. The zero-order valence-corrected chi connectivity index (χ0v) is 19.5. The Morgan fingerprint density at radius 2 is 1.84 bits per heavy atom. The normalized spacial score (nSPS) is 22.3. The van der Waals surface area contributed by atoms with Crippen molar-refractivity contribution in [2.75, 3.05) is 0 Å². The molecule has 1 aliphatic carbocycles. The van der Waals surface area contributed by atoms with Crippen LogP contribution < -0.4 is 15.5 Å². The summed E-state index contributed by atoms with van der Waals surface area (Å²) < 4.78 is 41.3. The van der Waals surface area contributed by atoms with Crippen LogP contribution in [0.25, 0.3) is 0 Å². The third kappa shape index (κ3) is 5.65. The smallest absolute Gasteiger partial charge is 0.241 e. The van der Waals surface area contributed by atoms with Crippen molar-refractivity contribution in [1.82, 2.24) is 10.0 Å². The van der Waals surface area contributed by atoms with E-state index in [-0.39, 0.29) is 39.4 Å². The molecule has 0 unspecified atom stereocenters. The van der Waals surface area contributed by atoms with Gasteiger partial charge in [0.15, 0.2) is 5.69 Å². The van der Waals surface area contributed by atoms with Crippen molar-refractivity contribution in [2.45, 2.75) is 56.5 Å². The minimum Gasteiger partial charge on any atom is -0.349 e. The molecule has 2 aromatic carbocycles. The lowest BCUT2D eigenvalue weighted by Crippen LogP contribution is -2.73.